The molecule has 1 aromatic heterocycles. The van der Waals surface area contributed by atoms with Gasteiger partial charge in [0.15, 0.2) is 0 Å². The summed E-state index contributed by atoms with van der Waals surface area (Å²) in [6.45, 7) is 4.16. The second-order valence-electron chi connectivity index (χ2n) is 4.91. The molecule has 1 atom stereocenters. The molecule has 0 aliphatic rings. The number of carboxylic acids is 1. The van der Waals surface area contributed by atoms with E-state index < -0.39 is 12.1 Å². The zero-order valence-corrected chi connectivity index (χ0v) is 11.6. The Bertz CT molecular complexity index is 643. The van der Waals surface area contributed by atoms with Crippen LogP contribution in [-0.4, -0.2) is 32.5 Å². The van der Waals surface area contributed by atoms with E-state index in [-0.39, 0.29) is 12.2 Å². The molecule has 0 bridgehead atoms. The van der Waals surface area contributed by atoms with Crippen molar-refractivity contribution in [3.63, 3.8) is 0 Å². The number of hydrogen-bond acceptors (Lipinski definition) is 3. The van der Waals surface area contributed by atoms with Crippen LogP contribution in [0.15, 0.2) is 18.2 Å². The van der Waals surface area contributed by atoms with Crippen LogP contribution in [-0.2, 0) is 6.54 Å². The van der Waals surface area contributed by atoms with Gasteiger partial charge >= 0.3 is 5.97 Å². The summed E-state index contributed by atoms with van der Waals surface area (Å²) < 4.78 is 1.96. The summed E-state index contributed by atoms with van der Waals surface area (Å²) in [4.78, 5) is 11.4. The largest absolute Gasteiger partial charge is 0.478 e. The Labute approximate surface area is 117 Å². The minimum absolute atomic E-state index is 0.0712. The van der Waals surface area contributed by atoms with E-state index in [0.717, 1.165) is 11.2 Å². The number of fused-ring (bicyclic) bond motifs is 1. The predicted octanol–water partition coefficient (Wildman–Crippen LogP) is 2.08. The molecule has 5 nitrogen and oxygen atoms in total. The summed E-state index contributed by atoms with van der Waals surface area (Å²) in [5, 5.41) is 28.9. The van der Waals surface area contributed by atoms with Crippen LogP contribution in [0.3, 0.4) is 0 Å². The third-order valence-corrected chi connectivity index (χ3v) is 3.59. The van der Waals surface area contributed by atoms with Crippen LogP contribution >= 0.6 is 0 Å². The number of carbonyl (C=O) groups is 1. The van der Waals surface area contributed by atoms with Gasteiger partial charge in [-0.25, -0.2) is 4.79 Å². The maximum atomic E-state index is 11.4. The van der Waals surface area contributed by atoms with Crippen molar-refractivity contribution in [1.82, 2.24) is 4.57 Å². The van der Waals surface area contributed by atoms with Crippen LogP contribution in [0.25, 0.3) is 10.9 Å². The Morgan fingerprint density at radius 3 is 2.65 bits per heavy atom. The average molecular weight is 277 g/mol. The molecule has 0 amide bonds. The van der Waals surface area contributed by atoms with E-state index in [4.69, 9.17) is 5.11 Å². The fraction of sp³-hybridized carbons (Fsp3) is 0.400. The average Bonchev–Trinajstić information content (AvgIpc) is 2.67. The number of aryl methyl sites for hydroxylation is 1. The summed E-state index contributed by atoms with van der Waals surface area (Å²) in [6, 6.07) is 5.09. The molecule has 2 rings (SSSR count). The van der Waals surface area contributed by atoms with Crippen molar-refractivity contribution in [2.75, 3.05) is 6.61 Å². The summed E-state index contributed by atoms with van der Waals surface area (Å²) >= 11 is 0. The molecule has 108 valence electrons. The van der Waals surface area contributed by atoms with Crippen LogP contribution in [0.4, 0.5) is 0 Å². The number of benzene rings is 1. The first-order valence-corrected chi connectivity index (χ1v) is 6.63. The van der Waals surface area contributed by atoms with Crippen LogP contribution in [0.1, 0.15) is 41.1 Å². The maximum absolute atomic E-state index is 11.4. The number of aliphatic hydroxyl groups excluding tert-OH is 2. The van der Waals surface area contributed by atoms with Crippen molar-refractivity contribution in [2.24, 2.45) is 0 Å². The Kier molecular flexibility index (Phi) is 4.11. The lowest BCUT2D eigenvalue weighted by Crippen LogP contribution is -2.03. The van der Waals surface area contributed by atoms with Crippen molar-refractivity contribution >= 4 is 16.9 Å². The highest BCUT2D eigenvalue weighted by Gasteiger charge is 2.22. The summed E-state index contributed by atoms with van der Waals surface area (Å²) in [7, 11) is 0. The highest BCUT2D eigenvalue weighted by molar-refractivity contribution is 6.05. The van der Waals surface area contributed by atoms with E-state index in [0.29, 0.717) is 23.9 Å². The molecule has 0 spiro atoms. The maximum Gasteiger partial charge on any atom is 0.336 e. The van der Waals surface area contributed by atoms with Gasteiger partial charge in [0.05, 0.1) is 11.7 Å². The second kappa shape index (κ2) is 5.64. The lowest BCUT2D eigenvalue weighted by atomic mass is 10.0. The van der Waals surface area contributed by atoms with Crippen molar-refractivity contribution in [2.45, 2.75) is 32.9 Å². The van der Waals surface area contributed by atoms with E-state index in [9.17, 15) is 15.0 Å². The number of hydrogen-bond donors (Lipinski definition) is 3. The van der Waals surface area contributed by atoms with Gasteiger partial charge < -0.3 is 19.9 Å². The molecule has 1 unspecified atom stereocenters. The quantitative estimate of drug-likeness (QED) is 0.781. The Morgan fingerprint density at radius 2 is 2.10 bits per heavy atom. The fourth-order valence-electron chi connectivity index (χ4n) is 2.76. The number of aromatic carboxylic acids is 1. The molecule has 0 saturated heterocycles. The standard InChI is InChI=1S/C15H19NO4/c1-9-13(10(2)18)14-11(15(19)20)5-3-6-12(14)16(9)7-4-8-17/h3,5-6,10,17-18H,4,7-8H2,1-2H3,(H,19,20). The monoisotopic (exact) mass is 277 g/mol. The molecule has 1 heterocycles. The molecular weight excluding hydrogens is 258 g/mol. The van der Waals surface area contributed by atoms with Gasteiger partial charge in [-0.15, -0.1) is 0 Å². The molecule has 0 fully saturated rings. The zero-order valence-electron chi connectivity index (χ0n) is 11.6. The predicted molar refractivity (Wildman–Crippen MR) is 76.0 cm³/mol. The van der Waals surface area contributed by atoms with Gasteiger partial charge in [0.1, 0.15) is 0 Å². The zero-order chi connectivity index (χ0) is 14.9. The first-order valence-electron chi connectivity index (χ1n) is 6.63. The molecule has 0 saturated carbocycles. The number of rotatable bonds is 5. The molecule has 20 heavy (non-hydrogen) atoms. The molecule has 0 radical (unpaired) electrons. The van der Waals surface area contributed by atoms with Crippen molar-refractivity contribution in [3.05, 3.63) is 35.0 Å². The van der Waals surface area contributed by atoms with Gasteiger partial charge in [0.25, 0.3) is 0 Å². The van der Waals surface area contributed by atoms with E-state index in [2.05, 4.69) is 0 Å². The molecule has 0 aliphatic carbocycles. The van der Waals surface area contributed by atoms with Crippen LogP contribution in [0, 0.1) is 6.92 Å². The van der Waals surface area contributed by atoms with Gasteiger partial charge in [-0.1, -0.05) is 6.07 Å². The third kappa shape index (κ3) is 2.30. The highest BCUT2D eigenvalue weighted by atomic mass is 16.4. The molecule has 0 aliphatic heterocycles. The second-order valence-corrected chi connectivity index (χ2v) is 4.91. The van der Waals surface area contributed by atoms with Crippen molar-refractivity contribution < 1.29 is 20.1 Å². The fourth-order valence-corrected chi connectivity index (χ4v) is 2.76. The van der Waals surface area contributed by atoms with Gasteiger partial charge in [-0.2, -0.15) is 0 Å². The number of aromatic nitrogens is 1. The lowest BCUT2D eigenvalue weighted by molar-refractivity contribution is 0.0699. The first-order chi connectivity index (χ1) is 9.49. The Hall–Kier alpha value is -1.85. The molecule has 1 aromatic carbocycles. The van der Waals surface area contributed by atoms with Crippen LogP contribution < -0.4 is 0 Å². The third-order valence-electron chi connectivity index (χ3n) is 3.59. The number of carboxylic acid groups (broad SMARTS) is 1. The molecule has 2 aromatic rings. The normalized spacial score (nSPS) is 12.8. The summed E-state index contributed by atoms with van der Waals surface area (Å²) in [6.07, 6.45) is -0.158. The minimum Gasteiger partial charge on any atom is -0.478 e. The number of nitrogens with zero attached hydrogens (tertiary/aromatic N) is 1. The molecular formula is C15H19NO4. The van der Waals surface area contributed by atoms with E-state index in [1.165, 1.54) is 0 Å². The SMILES string of the molecule is Cc1c(C(C)O)c2c(C(=O)O)cccc2n1CCCO. The highest BCUT2D eigenvalue weighted by Crippen LogP contribution is 2.33. The first kappa shape index (κ1) is 14.6. The van der Waals surface area contributed by atoms with Gasteiger partial charge in [-0.3, -0.25) is 0 Å². The molecule has 5 heteroatoms. The summed E-state index contributed by atoms with van der Waals surface area (Å²) in [5.41, 5.74) is 2.48. The van der Waals surface area contributed by atoms with E-state index in [1.807, 2.05) is 17.6 Å². The number of aliphatic hydroxyl groups is 2. The van der Waals surface area contributed by atoms with Crippen molar-refractivity contribution in [3.8, 4) is 0 Å². The lowest BCUT2D eigenvalue weighted by Gasteiger charge is -2.08. The van der Waals surface area contributed by atoms with E-state index in [1.54, 1.807) is 19.1 Å². The van der Waals surface area contributed by atoms with E-state index >= 15 is 0 Å². The van der Waals surface area contributed by atoms with Gasteiger partial charge in [0.2, 0.25) is 0 Å². The van der Waals surface area contributed by atoms with Gasteiger partial charge in [-0.05, 0) is 32.4 Å². The molecule has 3 N–H and O–H groups in total. The topological polar surface area (TPSA) is 82.7 Å². The minimum atomic E-state index is -1.00. The summed E-state index contributed by atoms with van der Waals surface area (Å²) in [5.74, 6) is -1.00. The van der Waals surface area contributed by atoms with Gasteiger partial charge in [0, 0.05) is 35.3 Å². The van der Waals surface area contributed by atoms with Crippen LogP contribution in [0.2, 0.25) is 0 Å². The Balaban J connectivity index is 2.79. The van der Waals surface area contributed by atoms with Crippen LogP contribution in [0.5, 0.6) is 0 Å². The smallest absolute Gasteiger partial charge is 0.336 e. The van der Waals surface area contributed by atoms with Crippen molar-refractivity contribution in [1.29, 1.82) is 0 Å². The Morgan fingerprint density at radius 1 is 1.40 bits per heavy atom.